The molecule has 3 N–H and O–H groups in total. The topological polar surface area (TPSA) is 122 Å². The zero-order valence-corrected chi connectivity index (χ0v) is 34.5. The Morgan fingerprint density at radius 1 is 0.531 bits per heavy atom. The zero-order valence-electron chi connectivity index (χ0n) is 34.5. The summed E-state index contributed by atoms with van der Waals surface area (Å²) < 4.78 is 6.84. The van der Waals surface area contributed by atoms with Crippen LogP contribution in [0.5, 0.6) is 0 Å². The molecule has 3 atom stereocenters. The average molecular weight is 833 g/mol. The van der Waals surface area contributed by atoms with Crippen LogP contribution in [0, 0.1) is 16.0 Å². The molecule has 0 spiro atoms. The molecule has 9 nitrogen and oxygen atoms in total. The van der Waals surface area contributed by atoms with Gasteiger partial charge in [-0.2, -0.15) is 0 Å². The number of nitro benzene ring substituents is 1. The van der Waals surface area contributed by atoms with E-state index in [1.54, 1.807) is 12.1 Å². The van der Waals surface area contributed by atoms with Crippen LogP contribution in [0.2, 0.25) is 0 Å². The van der Waals surface area contributed by atoms with Gasteiger partial charge in [-0.1, -0.05) is 133 Å². The maximum Gasteiger partial charge on any atom is 0.269 e. The van der Waals surface area contributed by atoms with Gasteiger partial charge in [0.15, 0.2) is 0 Å². The Kier molecular flexibility index (Phi) is 9.01. The van der Waals surface area contributed by atoms with Crippen LogP contribution in [-0.4, -0.2) is 37.6 Å². The second-order valence-corrected chi connectivity index (χ2v) is 16.6. The molecule has 64 heavy (non-hydrogen) atoms. The number of nitro groups is 1. The predicted molar refractivity (Wildman–Crippen MR) is 255 cm³/mol. The van der Waals surface area contributed by atoms with Crippen LogP contribution in [0.15, 0.2) is 170 Å². The molecule has 3 aromatic heterocycles. The number of ether oxygens (including phenoxy) is 1. The molecule has 1 fully saturated rings. The summed E-state index contributed by atoms with van der Waals surface area (Å²) in [6.07, 6.45) is 4.72. The lowest BCUT2D eigenvalue weighted by Crippen LogP contribution is -2.38. The maximum atomic E-state index is 11.8. The highest BCUT2D eigenvalue weighted by atomic mass is 16.6. The van der Waals surface area contributed by atoms with Gasteiger partial charge in [-0.3, -0.25) is 10.1 Å². The summed E-state index contributed by atoms with van der Waals surface area (Å²) in [7, 11) is 0. The van der Waals surface area contributed by atoms with Crippen molar-refractivity contribution in [2.75, 3.05) is 6.61 Å². The van der Waals surface area contributed by atoms with E-state index in [9.17, 15) is 10.1 Å². The number of nitrogens with one attached hydrogen (secondary N) is 3. The molecule has 5 aromatic carbocycles. The molecule has 8 aromatic rings. The lowest BCUT2D eigenvalue weighted by Gasteiger charge is -2.36. The number of fused-ring (bicyclic) bond motifs is 12. The predicted octanol–water partition coefficient (Wildman–Crippen LogP) is 12.7. The van der Waals surface area contributed by atoms with E-state index >= 15 is 0 Å². The third-order valence-corrected chi connectivity index (χ3v) is 12.9. The van der Waals surface area contributed by atoms with Gasteiger partial charge < -0.3 is 20.0 Å². The van der Waals surface area contributed by atoms with Crippen molar-refractivity contribution in [2.24, 2.45) is 5.92 Å². The Morgan fingerprint density at radius 3 is 1.58 bits per heavy atom. The quantitative estimate of drug-likeness (QED) is 0.113. The molecule has 4 aliphatic rings. The van der Waals surface area contributed by atoms with E-state index in [0.717, 1.165) is 113 Å². The normalized spacial score (nSPS) is 17.5. The second-order valence-electron chi connectivity index (χ2n) is 16.6. The number of aromatic amines is 2. The number of aromatic nitrogens is 4. The minimum absolute atomic E-state index is 0.0271. The fourth-order valence-corrected chi connectivity index (χ4v) is 10.1. The van der Waals surface area contributed by atoms with Crippen molar-refractivity contribution in [2.45, 2.75) is 18.6 Å². The summed E-state index contributed by atoms with van der Waals surface area (Å²) in [6.45, 7) is 0.569. The Balaban J connectivity index is 1.25. The molecule has 8 bridgehead atoms. The number of nitrogens with zero attached hydrogens (tertiary/aromatic N) is 3. The summed E-state index contributed by atoms with van der Waals surface area (Å²) in [5, 5.41) is 15.8. The van der Waals surface area contributed by atoms with Gasteiger partial charge in [0.1, 0.15) is 0 Å². The van der Waals surface area contributed by atoms with Crippen LogP contribution in [0.1, 0.15) is 40.8 Å². The summed E-state index contributed by atoms with van der Waals surface area (Å²) >= 11 is 0. The number of H-pyrrole nitrogens is 2. The highest BCUT2D eigenvalue weighted by Gasteiger charge is 2.47. The van der Waals surface area contributed by atoms with Crippen molar-refractivity contribution in [3.63, 3.8) is 0 Å². The summed E-state index contributed by atoms with van der Waals surface area (Å²) in [6, 6.07) is 57.1. The SMILES string of the molecule is O=[N+]([O-])c1ccc([C@H]2NC3=C(c4nc3c(-c3ccccc3)c3ccc([nH]3)c(-c3ccccc3)c3ccc([nH]3)c(-c3ccccc3)c3nc(c4-c4ccccc4)C=C3)[C@@H]3OCC[C@H]23)cc1. The van der Waals surface area contributed by atoms with Gasteiger partial charge in [0, 0.05) is 74.6 Å². The third kappa shape index (κ3) is 6.28. The van der Waals surface area contributed by atoms with Gasteiger partial charge in [-0.15, -0.1) is 0 Å². The number of rotatable bonds is 6. The molecule has 0 radical (unpaired) electrons. The van der Waals surface area contributed by atoms with E-state index in [1.165, 1.54) is 0 Å². The number of hydrogen-bond donors (Lipinski definition) is 3. The van der Waals surface area contributed by atoms with E-state index in [4.69, 9.17) is 14.7 Å². The lowest BCUT2D eigenvalue weighted by atomic mass is 9.79. The number of benzene rings is 5. The molecule has 4 aliphatic heterocycles. The second kappa shape index (κ2) is 15.3. The van der Waals surface area contributed by atoms with Gasteiger partial charge in [-0.05, 0) is 70.7 Å². The molecule has 7 heterocycles. The van der Waals surface area contributed by atoms with Gasteiger partial charge in [0.05, 0.1) is 45.5 Å². The molecular formula is C55H40N6O3. The van der Waals surface area contributed by atoms with E-state index in [1.807, 2.05) is 36.4 Å². The minimum Gasteiger partial charge on any atom is -0.376 e. The first-order valence-corrected chi connectivity index (χ1v) is 21.6. The Hall–Kier alpha value is -8.14. The van der Waals surface area contributed by atoms with Crippen molar-refractivity contribution in [3.05, 3.63) is 208 Å². The van der Waals surface area contributed by atoms with Gasteiger partial charge in [-0.25, -0.2) is 9.97 Å². The lowest BCUT2D eigenvalue weighted by molar-refractivity contribution is -0.384. The summed E-state index contributed by atoms with van der Waals surface area (Å²) in [5.74, 6) is 0.0271. The van der Waals surface area contributed by atoms with E-state index in [-0.39, 0.29) is 28.7 Å². The number of hydrogen-bond acceptors (Lipinski definition) is 6. The maximum absolute atomic E-state index is 11.8. The third-order valence-electron chi connectivity index (χ3n) is 12.9. The van der Waals surface area contributed by atoms with Crippen LogP contribution >= 0.6 is 0 Å². The van der Waals surface area contributed by atoms with E-state index < -0.39 is 0 Å². The van der Waals surface area contributed by atoms with Gasteiger partial charge >= 0.3 is 0 Å². The largest absolute Gasteiger partial charge is 0.376 e. The van der Waals surface area contributed by atoms with Crippen LogP contribution in [0.3, 0.4) is 0 Å². The molecule has 1 saturated heterocycles. The molecule has 0 aliphatic carbocycles. The van der Waals surface area contributed by atoms with Crippen molar-refractivity contribution in [3.8, 4) is 44.5 Å². The monoisotopic (exact) mass is 832 g/mol. The van der Waals surface area contributed by atoms with Crippen LogP contribution < -0.4 is 5.32 Å². The van der Waals surface area contributed by atoms with Gasteiger partial charge in [0.2, 0.25) is 0 Å². The number of non-ortho nitro benzene ring substituents is 1. The fraction of sp³-hybridized carbons (Fsp3) is 0.0909. The first-order chi connectivity index (χ1) is 31.6. The molecule has 9 heteroatoms. The van der Waals surface area contributed by atoms with Gasteiger partial charge in [0.25, 0.3) is 5.69 Å². The fourth-order valence-electron chi connectivity index (χ4n) is 10.1. The Bertz CT molecular complexity index is 3360. The van der Waals surface area contributed by atoms with E-state index in [2.05, 4.69) is 149 Å². The standard InChI is InChI=1S/C55H40N6O3/c62-61(63)38-23-21-37(22-24-38)51-39-31-32-64-55(39)50-52-48(35-17-9-3-10-18-35)44-29-27-42(57-44)46(33-13-5-1-6-14-33)40-25-26-41(56-40)47(34-15-7-2-8-16-34)43-28-30-45(58-43)49(36-19-11-4-12-20-36)53(60-52)54(50)59-51/h1-30,39,51,55-56,58-59H,31-32H2/t39-,51-,55-/m1/s1. The van der Waals surface area contributed by atoms with Crippen molar-refractivity contribution < 1.29 is 9.66 Å². The zero-order chi connectivity index (χ0) is 42.7. The molecule has 0 saturated carbocycles. The van der Waals surface area contributed by atoms with Crippen molar-refractivity contribution >= 4 is 51.2 Å². The molecular weight excluding hydrogens is 793 g/mol. The smallest absolute Gasteiger partial charge is 0.269 e. The molecule has 0 amide bonds. The summed E-state index contributed by atoms with van der Waals surface area (Å²) in [5.41, 5.74) is 17.8. The average Bonchev–Trinajstić information content (AvgIpc) is 4.21. The highest BCUT2D eigenvalue weighted by Crippen LogP contribution is 2.52. The van der Waals surface area contributed by atoms with Crippen LogP contribution in [-0.2, 0) is 4.74 Å². The molecule has 12 rings (SSSR count). The van der Waals surface area contributed by atoms with E-state index in [0.29, 0.717) is 6.61 Å². The molecule has 308 valence electrons. The highest BCUT2D eigenvalue weighted by molar-refractivity contribution is 6.06. The van der Waals surface area contributed by atoms with Crippen LogP contribution in [0.25, 0.3) is 90.0 Å². The summed E-state index contributed by atoms with van der Waals surface area (Å²) in [4.78, 5) is 30.5. The first kappa shape index (κ1) is 37.6. The first-order valence-electron chi connectivity index (χ1n) is 21.6. The minimum atomic E-state index is -0.351. The molecule has 0 unspecified atom stereocenters. The Labute approximate surface area is 368 Å². The Morgan fingerprint density at radius 2 is 1.02 bits per heavy atom. The van der Waals surface area contributed by atoms with Crippen molar-refractivity contribution in [1.29, 1.82) is 0 Å². The van der Waals surface area contributed by atoms with Crippen LogP contribution in [0.4, 0.5) is 5.69 Å². The van der Waals surface area contributed by atoms with Crippen molar-refractivity contribution in [1.82, 2.24) is 25.3 Å².